The number of hydrogen-bond donors (Lipinski definition) is 1. The molecule has 1 amide bonds. The van der Waals surface area contributed by atoms with E-state index in [1.54, 1.807) is 14.2 Å². The van der Waals surface area contributed by atoms with Gasteiger partial charge in [-0.1, -0.05) is 18.2 Å². The van der Waals surface area contributed by atoms with Crippen LogP contribution in [0.3, 0.4) is 0 Å². The number of methoxy groups -OCH3 is 2. The number of carbonyl (C=O) groups excluding carboxylic acids is 1. The van der Waals surface area contributed by atoms with E-state index in [0.717, 1.165) is 23.3 Å². The minimum Gasteiger partial charge on any atom is -0.494 e. The van der Waals surface area contributed by atoms with E-state index in [-0.39, 0.29) is 5.91 Å². The van der Waals surface area contributed by atoms with Crippen molar-refractivity contribution < 1.29 is 19.0 Å². The lowest BCUT2D eigenvalue weighted by molar-refractivity contribution is -0.120. The molecule has 0 heterocycles. The number of hydrogen-bond acceptors (Lipinski definition) is 4. The summed E-state index contributed by atoms with van der Waals surface area (Å²) >= 11 is 0. The van der Waals surface area contributed by atoms with Gasteiger partial charge < -0.3 is 19.5 Å². The number of nitrogens with one attached hydrogen (secondary N) is 1. The second-order valence-electron chi connectivity index (χ2n) is 5.54. The highest BCUT2D eigenvalue weighted by atomic mass is 16.5. The fourth-order valence-corrected chi connectivity index (χ4v) is 2.50. The Balaban J connectivity index is 1.80. The van der Waals surface area contributed by atoms with Crippen molar-refractivity contribution >= 4 is 5.91 Å². The molecule has 0 unspecified atom stereocenters. The first-order valence-corrected chi connectivity index (χ1v) is 8.35. The highest BCUT2D eigenvalue weighted by Gasteiger charge is 2.06. The topological polar surface area (TPSA) is 56.8 Å². The summed E-state index contributed by atoms with van der Waals surface area (Å²) in [5.74, 6) is 2.22. The number of rotatable bonds is 9. The zero-order valence-corrected chi connectivity index (χ0v) is 15.0. The Morgan fingerprint density at radius 2 is 1.64 bits per heavy atom. The minimum absolute atomic E-state index is 0.00429. The Hall–Kier alpha value is -2.69. The average molecular weight is 343 g/mol. The predicted molar refractivity (Wildman–Crippen MR) is 97.6 cm³/mol. The predicted octanol–water partition coefficient (Wildman–Crippen LogP) is 3.00. The Bertz CT molecular complexity index is 683. The molecule has 2 aromatic rings. The van der Waals surface area contributed by atoms with Crippen LogP contribution >= 0.6 is 0 Å². The van der Waals surface area contributed by atoms with Crippen LogP contribution in [-0.4, -0.2) is 33.3 Å². The van der Waals surface area contributed by atoms with Gasteiger partial charge in [0.2, 0.25) is 5.91 Å². The van der Waals surface area contributed by atoms with Gasteiger partial charge in [0.25, 0.3) is 0 Å². The van der Waals surface area contributed by atoms with Crippen molar-refractivity contribution in [1.82, 2.24) is 5.32 Å². The van der Waals surface area contributed by atoms with Crippen LogP contribution < -0.4 is 19.5 Å². The molecule has 0 aliphatic carbocycles. The fraction of sp³-hybridized carbons (Fsp3) is 0.350. The van der Waals surface area contributed by atoms with Gasteiger partial charge in [-0.05, 0) is 48.7 Å². The Morgan fingerprint density at radius 1 is 0.960 bits per heavy atom. The lowest BCUT2D eigenvalue weighted by Gasteiger charge is -2.10. The SMILES string of the molecule is CCOc1ccc(CC(=O)NCCc2ccc(OC)c(OC)c2)cc1. The highest BCUT2D eigenvalue weighted by Crippen LogP contribution is 2.27. The molecule has 2 aromatic carbocycles. The molecule has 0 radical (unpaired) electrons. The van der Waals surface area contributed by atoms with E-state index in [2.05, 4.69) is 5.32 Å². The quantitative estimate of drug-likeness (QED) is 0.760. The summed E-state index contributed by atoms with van der Waals surface area (Å²) in [5.41, 5.74) is 2.05. The minimum atomic E-state index is 0.00429. The maximum Gasteiger partial charge on any atom is 0.224 e. The largest absolute Gasteiger partial charge is 0.494 e. The maximum absolute atomic E-state index is 12.0. The standard InChI is InChI=1S/C20H25NO4/c1-4-25-17-8-5-15(6-9-17)14-20(22)21-12-11-16-7-10-18(23-2)19(13-16)24-3/h5-10,13H,4,11-12,14H2,1-3H3,(H,21,22). The van der Waals surface area contributed by atoms with Crippen LogP contribution in [0.4, 0.5) is 0 Å². The molecular formula is C20H25NO4. The van der Waals surface area contributed by atoms with Gasteiger partial charge in [-0.3, -0.25) is 4.79 Å². The molecule has 5 nitrogen and oxygen atoms in total. The zero-order chi connectivity index (χ0) is 18.1. The van der Waals surface area contributed by atoms with Gasteiger partial charge in [-0.15, -0.1) is 0 Å². The molecule has 1 N–H and O–H groups in total. The van der Waals surface area contributed by atoms with Gasteiger partial charge >= 0.3 is 0 Å². The van der Waals surface area contributed by atoms with Gasteiger partial charge in [0, 0.05) is 6.54 Å². The van der Waals surface area contributed by atoms with Crippen molar-refractivity contribution in [2.45, 2.75) is 19.8 Å². The third-order valence-electron chi connectivity index (χ3n) is 3.78. The van der Waals surface area contributed by atoms with Crippen molar-refractivity contribution in [3.63, 3.8) is 0 Å². The van der Waals surface area contributed by atoms with E-state index in [4.69, 9.17) is 14.2 Å². The summed E-state index contributed by atoms with van der Waals surface area (Å²) in [5, 5.41) is 2.94. The van der Waals surface area contributed by atoms with E-state index in [9.17, 15) is 4.79 Å². The van der Waals surface area contributed by atoms with E-state index in [1.807, 2.05) is 49.4 Å². The summed E-state index contributed by atoms with van der Waals surface area (Å²) < 4.78 is 15.9. The van der Waals surface area contributed by atoms with Gasteiger partial charge in [0.05, 0.1) is 27.2 Å². The third kappa shape index (κ3) is 5.71. The van der Waals surface area contributed by atoms with Gasteiger partial charge in [-0.2, -0.15) is 0 Å². The monoisotopic (exact) mass is 343 g/mol. The van der Waals surface area contributed by atoms with E-state index < -0.39 is 0 Å². The zero-order valence-electron chi connectivity index (χ0n) is 15.0. The fourth-order valence-electron chi connectivity index (χ4n) is 2.50. The maximum atomic E-state index is 12.0. The first-order chi connectivity index (χ1) is 12.2. The molecule has 134 valence electrons. The molecular weight excluding hydrogens is 318 g/mol. The second kappa shape index (κ2) is 9.57. The smallest absolute Gasteiger partial charge is 0.224 e. The third-order valence-corrected chi connectivity index (χ3v) is 3.78. The lowest BCUT2D eigenvalue weighted by atomic mass is 10.1. The molecule has 0 saturated carbocycles. The molecule has 0 atom stereocenters. The molecule has 2 rings (SSSR count). The van der Waals surface area contributed by atoms with Crippen molar-refractivity contribution in [2.75, 3.05) is 27.4 Å². The summed E-state index contributed by atoms with van der Waals surface area (Å²) in [6.07, 6.45) is 1.09. The summed E-state index contributed by atoms with van der Waals surface area (Å²) in [6, 6.07) is 13.4. The summed E-state index contributed by atoms with van der Waals surface area (Å²) in [6.45, 7) is 3.15. The highest BCUT2D eigenvalue weighted by molar-refractivity contribution is 5.78. The van der Waals surface area contributed by atoms with Crippen LogP contribution in [0.5, 0.6) is 17.2 Å². The molecule has 0 bridgehead atoms. The van der Waals surface area contributed by atoms with Gasteiger partial charge in [-0.25, -0.2) is 0 Å². The molecule has 5 heteroatoms. The average Bonchev–Trinajstić information content (AvgIpc) is 2.63. The Kier molecular flexibility index (Phi) is 7.14. The molecule has 0 saturated heterocycles. The van der Waals surface area contributed by atoms with Crippen molar-refractivity contribution in [3.8, 4) is 17.2 Å². The number of amides is 1. The van der Waals surface area contributed by atoms with Crippen LogP contribution in [0.25, 0.3) is 0 Å². The van der Waals surface area contributed by atoms with Gasteiger partial charge in [0.1, 0.15) is 5.75 Å². The Morgan fingerprint density at radius 3 is 2.28 bits per heavy atom. The molecule has 0 aliphatic rings. The summed E-state index contributed by atoms with van der Waals surface area (Å²) in [4.78, 5) is 12.0. The number of ether oxygens (including phenoxy) is 3. The molecule has 0 fully saturated rings. The van der Waals surface area contributed by atoms with Crippen LogP contribution in [0.2, 0.25) is 0 Å². The van der Waals surface area contributed by atoms with E-state index in [1.165, 1.54) is 0 Å². The van der Waals surface area contributed by atoms with E-state index >= 15 is 0 Å². The molecule has 0 aromatic heterocycles. The second-order valence-corrected chi connectivity index (χ2v) is 5.54. The normalized spacial score (nSPS) is 10.2. The molecule has 0 spiro atoms. The van der Waals surface area contributed by atoms with Crippen LogP contribution in [0.1, 0.15) is 18.1 Å². The van der Waals surface area contributed by atoms with Crippen LogP contribution in [0, 0.1) is 0 Å². The van der Waals surface area contributed by atoms with Crippen molar-refractivity contribution in [2.24, 2.45) is 0 Å². The number of carbonyl (C=O) groups is 1. The first-order valence-electron chi connectivity index (χ1n) is 8.35. The van der Waals surface area contributed by atoms with Crippen molar-refractivity contribution in [3.05, 3.63) is 53.6 Å². The van der Waals surface area contributed by atoms with Crippen molar-refractivity contribution in [1.29, 1.82) is 0 Å². The van der Waals surface area contributed by atoms with E-state index in [0.29, 0.717) is 31.1 Å². The molecule has 25 heavy (non-hydrogen) atoms. The number of benzene rings is 2. The summed E-state index contributed by atoms with van der Waals surface area (Å²) in [7, 11) is 3.22. The van der Waals surface area contributed by atoms with Crippen LogP contribution in [-0.2, 0) is 17.6 Å². The van der Waals surface area contributed by atoms with Crippen LogP contribution in [0.15, 0.2) is 42.5 Å². The van der Waals surface area contributed by atoms with Gasteiger partial charge in [0.15, 0.2) is 11.5 Å². The lowest BCUT2D eigenvalue weighted by Crippen LogP contribution is -2.27. The molecule has 0 aliphatic heterocycles. The Labute approximate surface area is 148 Å². The first kappa shape index (κ1) is 18.6.